The molecular formula is C16H17N3O4S. The molecule has 2 aromatic rings. The maximum Gasteiger partial charge on any atom is 0.330 e. The Bertz CT molecular complexity index is 743. The van der Waals surface area contributed by atoms with Gasteiger partial charge in [0.15, 0.2) is 11.2 Å². The number of hydrogen-bond acceptors (Lipinski definition) is 5. The first-order chi connectivity index (χ1) is 11.4. The largest absolute Gasteiger partial charge is 0.479 e. The van der Waals surface area contributed by atoms with Gasteiger partial charge in [-0.05, 0) is 5.56 Å². The summed E-state index contributed by atoms with van der Waals surface area (Å²) in [7, 11) is 0. The Morgan fingerprint density at radius 2 is 1.83 bits per heavy atom. The number of carbonyl (C=O) groups excluding carboxylic acids is 2. The molecule has 1 aromatic carbocycles. The van der Waals surface area contributed by atoms with Crippen molar-refractivity contribution in [2.45, 2.75) is 19.9 Å². The average Bonchev–Trinajstić information content (AvgIpc) is 3.01. The minimum absolute atomic E-state index is 0.0567. The Morgan fingerprint density at radius 1 is 1.17 bits per heavy atom. The molecule has 0 spiro atoms. The predicted molar refractivity (Wildman–Crippen MR) is 89.9 cm³/mol. The van der Waals surface area contributed by atoms with Crippen LogP contribution in [-0.4, -0.2) is 27.9 Å². The highest BCUT2D eigenvalue weighted by Crippen LogP contribution is 2.18. The highest BCUT2D eigenvalue weighted by molar-refractivity contribution is 7.14. The van der Waals surface area contributed by atoms with Crippen LogP contribution in [0.1, 0.15) is 35.9 Å². The summed E-state index contributed by atoms with van der Waals surface area (Å²) >= 11 is 1.10. The number of carboxylic acid groups (broad SMARTS) is 1. The number of thiazole rings is 1. The zero-order valence-corrected chi connectivity index (χ0v) is 14.0. The molecule has 1 aromatic heterocycles. The first-order valence-corrected chi connectivity index (χ1v) is 8.11. The fourth-order valence-corrected chi connectivity index (χ4v) is 2.52. The van der Waals surface area contributed by atoms with E-state index in [9.17, 15) is 19.5 Å². The predicted octanol–water partition coefficient (Wildman–Crippen LogP) is 2.29. The average molecular weight is 347 g/mol. The van der Waals surface area contributed by atoms with Gasteiger partial charge < -0.3 is 15.7 Å². The van der Waals surface area contributed by atoms with Gasteiger partial charge in [0.05, 0.1) is 0 Å². The van der Waals surface area contributed by atoms with E-state index in [2.05, 4.69) is 15.6 Å². The summed E-state index contributed by atoms with van der Waals surface area (Å²) in [4.78, 5) is 39.3. The Morgan fingerprint density at radius 3 is 2.42 bits per heavy atom. The normalized spacial score (nSPS) is 11.8. The van der Waals surface area contributed by atoms with Gasteiger partial charge in [-0.15, -0.1) is 11.3 Å². The number of aliphatic carboxylic acids is 1. The van der Waals surface area contributed by atoms with Crippen LogP contribution in [0.5, 0.6) is 0 Å². The van der Waals surface area contributed by atoms with Crippen molar-refractivity contribution in [3.05, 3.63) is 47.0 Å². The maximum atomic E-state index is 12.2. The number of hydrogen-bond donors (Lipinski definition) is 3. The molecule has 2 amide bonds. The molecule has 0 aliphatic heterocycles. The lowest BCUT2D eigenvalue weighted by Crippen LogP contribution is -2.33. The minimum atomic E-state index is -1.17. The van der Waals surface area contributed by atoms with Gasteiger partial charge in [0.25, 0.3) is 5.91 Å². The molecule has 0 radical (unpaired) electrons. The minimum Gasteiger partial charge on any atom is -0.479 e. The number of carbonyl (C=O) groups is 3. The molecule has 0 aliphatic carbocycles. The second kappa shape index (κ2) is 7.69. The van der Waals surface area contributed by atoms with Gasteiger partial charge in [-0.1, -0.05) is 44.2 Å². The van der Waals surface area contributed by atoms with Gasteiger partial charge >= 0.3 is 5.97 Å². The third-order valence-electron chi connectivity index (χ3n) is 3.15. The number of nitrogens with one attached hydrogen (secondary N) is 2. The summed E-state index contributed by atoms with van der Waals surface area (Å²) in [6.07, 6.45) is 0. The van der Waals surface area contributed by atoms with E-state index < -0.39 is 17.9 Å². The number of anilines is 1. The van der Waals surface area contributed by atoms with Crippen LogP contribution in [-0.2, 0) is 9.59 Å². The standard InChI is InChI=1S/C16H17N3O4S/c1-9(2)13(20)19-16-17-11(8-24-16)14(21)18-12(15(22)23)10-6-4-3-5-7-10/h3-9,12H,1-2H3,(H,18,21)(H,22,23)(H,17,19,20). The van der Waals surface area contributed by atoms with Gasteiger partial charge in [-0.25, -0.2) is 9.78 Å². The monoisotopic (exact) mass is 347 g/mol. The molecule has 7 nitrogen and oxygen atoms in total. The Hall–Kier alpha value is -2.74. The van der Waals surface area contributed by atoms with Crippen molar-refractivity contribution in [1.82, 2.24) is 10.3 Å². The summed E-state index contributed by atoms with van der Waals surface area (Å²) in [5.41, 5.74) is 0.517. The first kappa shape index (κ1) is 17.6. The van der Waals surface area contributed by atoms with E-state index in [1.165, 1.54) is 5.38 Å². The van der Waals surface area contributed by atoms with Crippen LogP contribution in [0.2, 0.25) is 0 Å². The molecule has 0 saturated heterocycles. The van der Waals surface area contributed by atoms with Crippen molar-refractivity contribution in [3.63, 3.8) is 0 Å². The van der Waals surface area contributed by atoms with Crippen LogP contribution in [0.25, 0.3) is 0 Å². The Kier molecular flexibility index (Phi) is 5.64. The van der Waals surface area contributed by atoms with E-state index in [0.717, 1.165) is 11.3 Å². The third-order valence-corrected chi connectivity index (χ3v) is 3.90. The molecule has 8 heteroatoms. The summed E-state index contributed by atoms with van der Waals surface area (Å²) in [5.74, 6) is -2.20. The molecule has 0 saturated carbocycles. The fraction of sp³-hybridized carbons (Fsp3) is 0.250. The molecular weight excluding hydrogens is 330 g/mol. The SMILES string of the molecule is CC(C)C(=O)Nc1nc(C(=O)NC(C(=O)O)c2ccccc2)cs1. The summed E-state index contributed by atoms with van der Waals surface area (Å²) in [5, 5.41) is 16.1. The maximum absolute atomic E-state index is 12.2. The summed E-state index contributed by atoms with van der Waals surface area (Å²) < 4.78 is 0. The van der Waals surface area contributed by atoms with Crippen LogP contribution in [0.15, 0.2) is 35.7 Å². The molecule has 0 fully saturated rings. The molecule has 24 heavy (non-hydrogen) atoms. The van der Waals surface area contributed by atoms with Crippen LogP contribution in [0.3, 0.4) is 0 Å². The van der Waals surface area contributed by atoms with Crippen molar-refractivity contribution >= 4 is 34.3 Å². The second-order valence-corrected chi connectivity index (χ2v) is 6.20. The smallest absolute Gasteiger partial charge is 0.330 e. The number of aromatic nitrogens is 1. The van der Waals surface area contributed by atoms with Gasteiger partial charge in [0.1, 0.15) is 5.69 Å². The summed E-state index contributed by atoms with van der Waals surface area (Å²) in [6.45, 7) is 3.49. The van der Waals surface area contributed by atoms with Crippen LogP contribution in [0.4, 0.5) is 5.13 Å². The van der Waals surface area contributed by atoms with Crippen molar-refractivity contribution < 1.29 is 19.5 Å². The molecule has 2 rings (SSSR count). The summed E-state index contributed by atoms with van der Waals surface area (Å²) in [6, 6.07) is 7.21. The van der Waals surface area contributed by atoms with Gasteiger partial charge in [0.2, 0.25) is 5.91 Å². The lowest BCUT2D eigenvalue weighted by Gasteiger charge is -2.13. The van der Waals surface area contributed by atoms with Gasteiger partial charge in [-0.3, -0.25) is 9.59 Å². The zero-order chi connectivity index (χ0) is 17.7. The van der Waals surface area contributed by atoms with Crippen molar-refractivity contribution in [1.29, 1.82) is 0 Å². The molecule has 3 N–H and O–H groups in total. The molecule has 126 valence electrons. The van der Waals surface area contributed by atoms with Crippen molar-refractivity contribution in [2.24, 2.45) is 5.92 Å². The lowest BCUT2D eigenvalue weighted by atomic mass is 10.1. The molecule has 1 heterocycles. The van der Waals surface area contributed by atoms with Crippen molar-refractivity contribution in [3.8, 4) is 0 Å². The van der Waals surface area contributed by atoms with Crippen LogP contribution < -0.4 is 10.6 Å². The highest BCUT2D eigenvalue weighted by atomic mass is 32.1. The number of rotatable bonds is 6. The first-order valence-electron chi connectivity index (χ1n) is 7.23. The van der Waals surface area contributed by atoms with Gasteiger partial charge in [0, 0.05) is 11.3 Å². The van der Waals surface area contributed by atoms with Crippen molar-refractivity contribution in [2.75, 3.05) is 5.32 Å². The Labute approximate surface area is 142 Å². The molecule has 0 bridgehead atoms. The van der Waals surface area contributed by atoms with Crippen LogP contribution in [0, 0.1) is 5.92 Å². The molecule has 1 unspecified atom stereocenters. The number of nitrogens with zero attached hydrogens (tertiary/aromatic N) is 1. The molecule has 1 atom stereocenters. The number of amides is 2. The highest BCUT2D eigenvalue weighted by Gasteiger charge is 2.24. The van der Waals surface area contributed by atoms with Crippen LogP contribution >= 0.6 is 11.3 Å². The van der Waals surface area contributed by atoms with Gasteiger partial charge in [-0.2, -0.15) is 0 Å². The van der Waals surface area contributed by atoms with E-state index in [1.807, 2.05) is 0 Å². The third kappa shape index (κ3) is 4.39. The zero-order valence-electron chi connectivity index (χ0n) is 13.1. The van der Waals surface area contributed by atoms with E-state index >= 15 is 0 Å². The fourth-order valence-electron chi connectivity index (χ4n) is 1.82. The number of benzene rings is 1. The lowest BCUT2D eigenvalue weighted by molar-refractivity contribution is -0.139. The van der Waals surface area contributed by atoms with E-state index in [0.29, 0.717) is 10.7 Å². The van der Waals surface area contributed by atoms with E-state index in [1.54, 1.807) is 44.2 Å². The number of carboxylic acids is 1. The quantitative estimate of drug-likeness (QED) is 0.743. The Balaban J connectivity index is 2.10. The topological polar surface area (TPSA) is 108 Å². The van der Waals surface area contributed by atoms with E-state index in [-0.39, 0.29) is 17.5 Å². The second-order valence-electron chi connectivity index (χ2n) is 5.34. The molecule has 0 aliphatic rings. The van der Waals surface area contributed by atoms with E-state index in [4.69, 9.17) is 0 Å².